The van der Waals surface area contributed by atoms with Gasteiger partial charge in [0.1, 0.15) is 4.71 Å². The fourth-order valence-corrected chi connectivity index (χ4v) is 2.59. The molecule has 0 fully saturated rings. The quantitative estimate of drug-likeness (QED) is 0.598. The van der Waals surface area contributed by atoms with E-state index in [1.807, 2.05) is 0 Å². The lowest BCUT2D eigenvalue weighted by atomic mass is 10.4. The number of unbranched alkanes of at least 4 members (excludes halogenated alkanes) is 1. The Morgan fingerprint density at radius 3 is 2.45 bits per heavy atom. The summed E-state index contributed by atoms with van der Waals surface area (Å²) in [5.74, 6) is 0.769. The minimum Gasteiger partial charge on any atom is -0.258 e. The Hall–Kier alpha value is 0.440. The Morgan fingerprint density at radius 2 is 2.00 bits per heavy atom. The van der Waals surface area contributed by atoms with E-state index in [4.69, 9.17) is 11.6 Å². The Kier molecular flexibility index (Phi) is 7.39. The van der Waals surface area contributed by atoms with Crippen LogP contribution in [0.25, 0.3) is 0 Å². The number of rotatable bonds is 6. The molecule has 11 heavy (non-hydrogen) atoms. The van der Waals surface area contributed by atoms with Gasteiger partial charge in [-0.3, -0.25) is 4.21 Å². The standard InChI is InChI=1S/C8H17ClOS/c1-3-5-7-11(10)8(9)6-4-2/h8H,3-7H2,1-2H3/t8-,11-/m1/s1. The Bertz CT molecular complexity index is 117. The van der Waals surface area contributed by atoms with E-state index < -0.39 is 10.8 Å². The van der Waals surface area contributed by atoms with Gasteiger partial charge in [0.2, 0.25) is 0 Å². The van der Waals surface area contributed by atoms with Gasteiger partial charge in [-0.05, 0) is 12.8 Å². The maximum absolute atomic E-state index is 11.3. The first-order valence-electron chi connectivity index (χ1n) is 4.23. The molecule has 0 N–H and O–H groups in total. The summed E-state index contributed by atoms with van der Waals surface area (Å²) in [6, 6.07) is 0. The molecule has 0 aromatic carbocycles. The molecule has 0 amide bonds. The number of halogens is 1. The van der Waals surface area contributed by atoms with Crippen molar-refractivity contribution in [2.75, 3.05) is 5.75 Å². The van der Waals surface area contributed by atoms with Crippen molar-refractivity contribution < 1.29 is 4.21 Å². The second kappa shape index (κ2) is 7.11. The summed E-state index contributed by atoms with van der Waals surface area (Å²) in [6.07, 6.45) is 4.02. The summed E-state index contributed by atoms with van der Waals surface area (Å²) < 4.78 is 11.2. The fourth-order valence-electron chi connectivity index (χ4n) is 0.773. The summed E-state index contributed by atoms with van der Waals surface area (Å²) in [5.41, 5.74) is 0. The van der Waals surface area contributed by atoms with Crippen LogP contribution in [0.1, 0.15) is 39.5 Å². The topological polar surface area (TPSA) is 17.1 Å². The van der Waals surface area contributed by atoms with E-state index in [0.29, 0.717) is 0 Å². The SMILES string of the molecule is CCCC[S@@](=O)[C@@H](Cl)CCC. The van der Waals surface area contributed by atoms with Crippen molar-refractivity contribution in [3.8, 4) is 0 Å². The summed E-state index contributed by atoms with van der Waals surface area (Å²) in [5, 5.41) is 0. The molecule has 0 heterocycles. The monoisotopic (exact) mass is 196 g/mol. The lowest BCUT2D eigenvalue weighted by molar-refractivity contribution is 0.672. The molecule has 3 heteroatoms. The maximum Gasteiger partial charge on any atom is 0.109 e. The van der Waals surface area contributed by atoms with Crippen LogP contribution in [-0.4, -0.2) is 14.7 Å². The van der Waals surface area contributed by atoms with Gasteiger partial charge in [0.05, 0.1) is 0 Å². The van der Waals surface area contributed by atoms with Gasteiger partial charge >= 0.3 is 0 Å². The van der Waals surface area contributed by atoms with Crippen molar-refractivity contribution >= 4 is 22.4 Å². The molecule has 2 atom stereocenters. The normalized spacial score (nSPS) is 16.3. The zero-order chi connectivity index (χ0) is 8.69. The molecule has 0 aromatic heterocycles. The first kappa shape index (κ1) is 11.4. The van der Waals surface area contributed by atoms with E-state index in [9.17, 15) is 4.21 Å². The van der Waals surface area contributed by atoms with Crippen molar-refractivity contribution in [3.05, 3.63) is 0 Å². The highest BCUT2D eigenvalue weighted by Gasteiger charge is 2.10. The van der Waals surface area contributed by atoms with Crippen LogP contribution in [0.5, 0.6) is 0 Å². The summed E-state index contributed by atoms with van der Waals surface area (Å²) >= 11 is 5.87. The summed E-state index contributed by atoms with van der Waals surface area (Å²) in [4.78, 5) is 0. The molecule has 0 aromatic rings. The molecular formula is C8H17ClOS. The van der Waals surface area contributed by atoms with Gasteiger partial charge < -0.3 is 0 Å². The lowest BCUT2D eigenvalue weighted by Crippen LogP contribution is -2.10. The molecule has 0 rings (SSSR count). The molecule has 0 saturated heterocycles. The van der Waals surface area contributed by atoms with Gasteiger partial charge in [-0.1, -0.05) is 26.7 Å². The third-order valence-electron chi connectivity index (χ3n) is 1.50. The van der Waals surface area contributed by atoms with Crippen molar-refractivity contribution in [1.82, 2.24) is 0 Å². The molecule has 0 aliphatic heterocycles. The van der Waals surface area contributed by atoms with Crippen molar-refractivity contribution in [3.63, 3.8) is 0 Å². The van der Waals surface area contributed by atoms with Crippen LogP contribution in [0, 0.1) is 0 Å². The van der Waals surface area contributed by atoms with Crippen molar-refractivity contribution in [2.24, 2.45) is 0 Å². The highest BCUT2D eigenvalue weighted by Crippen LogP contribution is 2.11. The molecule has 0 aliphatic carbocycles. The fraction of sp³-hybridized carbons (Fsp3) is 1.00. The molecule has 0 saturated carbocycles. The average Bonchev–Trinajstić information content (AvgIpc) is 2.00. The van der Waals surface area contributed by atoms with Crippen LogP contribution in [0.3, 0.4) is 0 Å². The van der Waals surface area contributed by atoms with Crippen LogP contribution in [0.2, 0.25) is 0 Å². The van der Waals surface area contributed by atoms with Crippen molar-refractivity contribution in [2.45, 2.75) is 44.2 Å². The van der Waals surface area contributed by atoms with Gasteiger partial charge in [0, 0.05) is 16.6 Å². The van der Waals surface area contributed by atoms with Crippen LogP contribution in [-0.2, 0) is 10.8 Å². The molecular weight excluding hydrogens is 180 g/mol. The van der Waals surface area contributed by atoms with Gasteiger partial charge in [0.25, 0.3) is 0 Å². The van der Waals surface area contributed by atoms with Gasteiger partial charge in [-0.25, -0.2) is 0 Å². The van der Waals surface area contributed by atoms with Gasteiger partial charge in [-0.2, -0.15) is 0 Å². The largest absolute Gasteiger partial charge is 0.258 e. The molecule has 1 nitrogen and oxygen atoms in total. The average molecular weight is 197 g/mol. The van der Waals surface area contributed by atoms with Crippen LogP contribution in [0.15, 0.2) is 0 Å². The van der Waals surface area contributed by atoms with Gasteiger partial charge in [-0.15, -0.1) is 11.6 Å². The van der Waals surface area contributed by atoms with Crippen LogP contribution >= 0.6 is 11.6 Å². The molecule has 68 valence electrons. The highest BCUT2D eigenvalue weighted by molar-refractivity contribution is 7.86. The van der Waals surface area contributed by atoms with E-state index >= 15 is 0 Å². The predicted molar refractivity (Wildman–Crippen MR) is 52.5 cm³/mol. The van der Waals surface area contributed by atoms with Gasteiger partial charge in [0.15, 0.2) is 0 Å². The summed E-state index contributed by atoms with van der Waals surface area (Å²) in [6.45, 7) is 4.16. The van der Waals surface area contributed by atoms with Crippen LogP contribution < -0.4 is 0 Å². The molecule has 0 aliphatic rings. The Labute approximate surface area is 77.0 Å². The van der Waals surface area contributed by atoms with E-state index in [2.05, 4.69) is 13.8 Å². The first-order valence-corrected chi connectivity index (χ1v) is 6.05. The zero-order valence-corrected chi connectivity index (χ0v) is 8.88. The maximum atomic E-state index is 11.3. The second-order valence-corrected chi connectivity index (χ2v) is 5.16. The third kappa shape index (κ3) is 5.68. The third-order valence-corrected chi connectivity index (χ3v) is 3.81. The first-order chi connectivity index (χ1) is 5.22. The van der Waals surface area contributed by atoms with Crippen LogP contribution in [0.4, 0.5) is 0 Å². The molecule has 0 spiro atoms. The molecule has 0 bridgehead atoms. The van der Waals surface area contributed by atoms with E-state index in [1.54, 1.807) is 0 Å². The van der Waals surface area contributed by atoms with Crippen molar-refractivity contribution in [1.29, 1.82) is 0 Å². The molecule has 0 radical (unpaired) electrons. The Balaban J connectivity index is 3.47. The summed E-state index contributed by atoms with van der Waals surface area (Å²) in [7, 11) is -0.799. The highest BCUT2D eigenvalue weighted by atomic mass is 35.5. The molecule has 0 unspecified atom stereocenters. The second-order valence-electron chi connectivity index (χ2n) is 2.64. The Morgan fingerprint density at radius 1 is 1.36 bits per heavy atom. The van der Waals surface area contributed by atoms with E-state index in [1.165, 1.54) is 0 Å². The number of hydrogen-bond acceptors (Lipinski definition) is 1. The minimum atomic E-state index is -0.799. The number of alkyl halides is 1. The number of hydrogen-bond donors (Lipinski definition) is 0. The van der Waals surface area contributed by atoms with E-state index in [0.717, 1.165) is 31.4 Å². The lowest BCUT2D eigenvalue weighted by Gasteiger charge is -2.06. The minimum absolute atomic E-state index is 0.119. The predicted octanol–water partition coefficient (Wildman–Crippen LogP) is 2.90. The zero-order valence-electron chi connectivity index (χ0n) is 7.31. The smallest absolute Gasteiger partial charge is 0.109 e. The van der Waals surface area contributed by atoms with E-state index in [-0.39, 0.29) is 4.71 Å².